The molecular formula is C16H17N5O2S. The molecule has 0 aliphatic rings. The van der Waals surface area contributed by atoms with Crippen molar-refractivity contribution in [3.8, 4) is 10.6 Å². The molecule has 0 unspecified atom stereocenters. The first-order valence-electron chi connectivity index (χ1n) is 7.41. The minimum absolute atomic E-state index is 0.0166. The lowest BCUT2D eigenvalue weighted by atomic mass is 10.2. The van der Waals surface area contributed by atoms with Crippen LogP contribution in [0.15, 0.2) is 30.3 Å². The average molecular weight is 343 g/mol. The van der Waals surface area contributed by atoms with Crippen molar-refractivity contribution in [1.82, 2.24) is 14.8 Å². The molecule has 0 amide bonds. The van der Waals surface area contributed by atoms with Crippen molar-refractivity contribution in [2.75, 3.05) is 5.32 Å². The minimum Gasteiger partial charge on any atom is -0.360 e. The van der Waals surface area contributed by atoms with E-state index >= 15 is 0 Å². The van der Waals surface area contributed by atoms with Crippen LogP contribution in [0.5, 0.6) is 0 Å². The van der Waals surface area contributed by atoms with Gasteiger partial charge >= 0.3 is 5.69 Å². The first-order valence-corrected chi connectivity index (χ1v) is 8.22. The molecule has 0 bridgehead atoms. The van der Waals surface area contributed by atoms with Gasteiger partial charge in [0.05, 0.1) is 17.2 Å². The first-order chi connectivity index (χ1) is 11.5. The van der Waals surface area contributed by atoms with E-state index in [4.69, 9.17) is 0 Å². The normalized spacial score (nSPS) is 10.8. The molecule has 0 saturated heterocycles. The summed E-state index contributed by atoms with van der Waals surface area (Å²) in [6, 6.07) is 9.96. The van der Waals surface area contributed by atoms with E-state index < -0.39 is 4.92 Å². The van der Waals surface area contributed by atoms with Crippen molar-refractivity contribution >= 4 is 22.8 Å². The second kappa shape index (κ2) is 6.40. The number of hydrogen-bond donors (Lipinski definition) is 1. The highest BCUT2D eigenvalue weighted by Crippen LogP contribution is 2.31. The van der Waals surface area contributed by atoms with Crippen LogP contribution in [-0.2, 0) is 13.6 Å². The van der Waals surface area contributed by atoms with Crippen molar-refractivity contribution in [2.45, 2.75) is 20.4 Å². The van der Waals surface area contributed by atoms with Crippen LogP contribution >= 0.6 is 11.3 Å². The number of nitro groups is 1. The lowest BCUT2D eigenvalue weighted by Crippen LogP contribution is -2.06. The van der Waals surface area contributed by atoms with Gasteiger partial charge in [-0.3, -0.25) is 10.1 Å². The van der Waals surface area contributed by atoms with E-state index in [9.17, 15) is 10.1 Å². The molecule has 124 valence electrons. The van der Waals surface area contributed by atoms with Gasteiger partial charge in [-0.2, -0.15) is 5.10 Å². The van der Waals surface area contributed by atoms with E-state index in [0.29, 0.717) is 18.1 Å². The Hall–Kier alpha value is -2.74. The van der Waals surface area contributed by atoms with Crippen LogP contribution in [0.2, 0.25) is 0 Å². The van der Waals surface area contributed by atoms with Gasteiger partial charge in [0.15, 0.2) is 0 Å². The van der Waals surface area contributed by atoms with Gasteiger partial charge in [-0.05, 0) is 13.8 Å². The van der Waals surface area contributed by atoms with Crippen LogP contribution in [0.25, 0.3) is 10.6 Å². The molecule has 24 heavy (non-hydrogen) atoms. The molecular weight excluding hydrogens is 326 g/mol. The van der Waals surface area contributed by atoms with Crippen LogP contribution in [0, 0.1) is 24.0 Å². The number of anilines is 1. The average Bonchev–Trinajstić information content (AvgIpc) is 3.05. The van der Waals surface area contributed by atoms with Crippen LogP contribution in [0.1, 0.15) is 16.3 Å². The summed E-state index contributed by atoms with van der Waals surface area (Å²) in [6.45, 7) is 4.05. The third-order valence-electron chi connectivity index (χ3n) is 3.70. The van der Waals surface area contributed by atoms with Crippen molar-refractivity contribution in [3.63, 3.8) is 0 Å². The molecule has 0 aliphatic heterocycles. The van der Waals surface area contributed by atoms with Gasteiger partial charge in [-0.25, -0.2) is 9.67 Å². The summed E-state index contributed by atoms with van der Waals surface area (Å²) in [5.74, 6) is 0.409. The Morgan fingerprint density at radius 1 is 1.25 bits per heavy atom. The van der Waals surface area contributed by atoms with Crippen LogP contribution in [-0.4, -0.2) is 19.7 Å². The molecule has 0 atom stereocenters. The molecule has 3 rings (SSSR count). The van der Waals surface area contributed by atoms with Crippen molar-refractivity contribution in [1.29, 1.82) is 0 Å². The quantitative estimate of drug-likeness (QED) is 0.564. The number of aromatic nitrogens is 3. The van der Waals surface area contributed by atoms with Gasteiger partial charge in [-0.1, -0.05) is 30.3 Å². The van der Waals surface area contributed by atoms with Gasteiger partial charge in [0.2, 0.25) is 5.82 Å². The van der Waals surface area contributed by atoms with Crippen molar-refractivity contribution < 1.29 is 4.92 Å². The molecule has 0 radical (unpaired) electrons. The molecule has 0 aliphatic carbocycles. The molecule has 2 aromatic heterocycles. The zero-order valence-corrected chi connectivity index (χ0v) is 14.4. The lowest BCUT2D eigenvalue weighted by molar-refractivity contribution is -0.384. The maximum absolute atomic E-state index is 11.2. The summed E-state index contributed by atoms with van der Waals surface area (Å²) in [5, 5.41) is 19.4. The number of hydrogen-bond acceptors (Lipinski definition) is 6. The van der Waals surface area contributed by atoms with E-state index in [-0.39, 0.29) is 5.69 Å². The molecule has 2 heterocycles. The van der Waals surface area contributed by atoms with E-state index in [2.05, 4.69) is 15.4 Å². The third kappa shape index (κ3) is 3.00. The standard InChI is InChI=1S/C16H17N5O2S/c1-10-13(24-16(18-10)12-7-5-4-6-8-12)9-17-15-14(21(22)23)11(2)19-20(15)3/h4-8,17H,9H2,1-3H3. The Balaban J connectivity index is 1.84. The summed E-state index contributed by atoms with van der Waals surface area (Å²) in [6.07, 6.45) is 0. The van der Waals surface area contributed by atoms with Gasteiger partial charge in [0.1, 0.15) is 10.7 Å². The Bertz CT molecular complexity index is 886. The van der Waals surface area contributed by atoms with E-state index in [1.165, 1.54) is 4.68 Å². The number of nitrogens with zero attached hydrogens (tertiary/aromatic N) is 4. The molecule has 7 nitrogen and oxygen atoms in total. The Morgan fingerprint density at radius 2 is 1.96 bits per heavy atom. The summed E-state index contributed by atoms with van der Waals surface area (Å²) in [4.78, 5) is 16.5. The van der Waals surface area contributed by atoms with Gasteiger partial charge in [0, 0.05) is 17.5 Å². The van der Waals surface area contributed by atoms with Gasteiger partial charge in [-0.15, -0.1) is 11.3 Å². The number of benzene rings is 1. The van der Waals surface area contributed by atoms with E-state index in [1.54, 1.807) is 25.3 Å². The number of aryl methyl sites for hydroxylation is 3. The number of thiazole rings is 1. The third-order valence-corrected chi connectivity index (χ3v) is 4.91. The second-order valence-electron chi connectivity index (χ2n) is 5.41. The summed E-state index contributed by atoms with van der Waals surface area (Å²) in [7, 11) is 1.69. The second-order valence-corrected chi connectivity index (χ2v) is 6.49. The lowest BCUT2D eigenvalue weighted by Gasteiger charge is -2.04. The first kappa shape index (κ1) is 16.1. The monoisotopic (exact) mass is 343 g/mol. The number of rotatable bonds is 5. The zero-order valence-electron chi connectivity index (χ0n) is 13.6. The topological polar surface area (TPSA) is 85.9 Å². The fraction of sp³-hybridized carbons (Fsp3) is 0.250. The molecule has 3 aromatic rings. The molecule has 1 N–H and O–H groups in total. The Morgan fingerprint density at radius 3 is 2.62 bits per heavy atom. The maximum Gasteiger partial charge on any atom is 0.333 e. The zero-order chi connectivity index (χ0) is 17.3. The van der Waals surface area contributed by atoms with Gasteiger partial charge < -0.3 is 5.32 Å². The fourth-order valence-electron chi connectivity index (χ4n) is 2.52. The van der Waals surface area contributed by atoms with Crippen LogP contribution in [0.3, 0.4) is 0 Å². The number of nitrogens with one attached hydrogen (secondary N) is 1. The highest BCUT2D eigenvalue weighted by atomic mass is 32.1. The van der Waals surface area contributed by atoms with E-state index in [1.807, 2.05) is 37.3 Å². The van der Waals surface area contributed by atoms with Crippen LogP contribution in [0.4, 0.5) is 11.5 Å². The predicted molar refractivity (Wildman–Crippen MR) is 94.2 cm³/mol. The van der Waals surface area contributed by atoms with E-state index in [0.717, 1.165) is 21.1 Å². The maximum atomic E-state index is 11.2. The van der Waals surface area contributed by atoms with Gasteiger partial charge in [0.25, 0.3) is 0 Å². The van der Waals surface area contributed by atoms with Crippen LogP contribution < -0.4 is 5.32 Å². The molecule has 0 spiro atoms. The molecule has 0 fully saturated rings. The highest BCUT2D eigenvalue weighted by molar-refractivity contribution is 7.15. The Kier molecular flexibility index (Phi) is 4.30. The predicted octanol–water partition coefficient (Wildman–Crippen LogP) is 3.68. The minimum atomic E-state index is -0.403. The van der Waals surface area contributed by atoms with Crippen molar-refractivity contribution in [3.05, 3.63) is 56.7 Å². The fourth-order valence-corrected chi connectivity index (χ4v) is 3.53. The largest absolute Gasteiger partial charge is 0.360 e. The summed E-state index contributed by atoms with van der Waals surface area (Å²) >= 11 is 1.59. The SMILES string of the molecule is Cc1nc(-c2ccccc2)sc1CNc1c([N+](=O)[O-])c(C)nn1C. The molecule has 8 heteroatoms. The summed E-state index contributed by atoms with van der Waals surface area (Å²) < 4.78 is 1.50. The summed E-state index contributed by atoms with van der Waals surface area (Å²) in [5.41, 5.74) is 2.41. The smallest absolute Gasteiger partial charge is 0.333 e. The highest BCUT2D eigenvalue weighted by Gasteiger charge is 2.24. The van der Waals surface area contributed by atoms with Crippen molar-refractivity contribution in [2.24, 2.45) is 7.05 Å². The molecule has 0 saturated carbocycles. The Labute approximate surface area is 143 Å². The molecule has 1 aromatic carbocycles.